The van der Waals surface area contributed by atoms with Crippen molar-refractivity contribution in [1.29, 1.82) is 0 Å². The van der Waals surface area contributed by atoms with Gasteiger partial charge in [-0.3, -0.25) is 0 Å². The first-order valence-electron chi connectivity index (χ1n) is 5.76. The monoisotopic (exact) mass is 216 g/mol. The zero-order chi connectivity index (χ0) is 10.6. The highest BCUT2D eigenvalue weighted by Crippen LogP contribution is 2.29. The van der Waals surface area contributed by atoms with Gasteiger partial charge in [0.05, 0.1) is 0 Å². The fourth-order valence-electron chi connectivity index (χ4n) is 1.95. The van der Waals surface area contributed by atoms with Gasteiger partial charge in [-0.15, -0.1) is 0 Å². The van der Waals surface area contributed by atoms with E-state index >= 15 is 0 Å². The van der Waals surface area contributed by atoms with Crippen molar-refractivity contribution >= 4 is 8.32 Å². The van der Waals surface area contributed by atoms with Gasteiger partial charge in [-0.2, -0.15) is 0 Å². The molecule has 1 rings (SSSR count). The molecule has 0 saturated heterocycles. The number of aliphatic hydroxyl groups excluding tert-OH is 1. The lowest BCUT2D eigenvalue weighted by atomic mass is 9.83. The third-order valence-corrected chi connectivity index (χ3v) is 4.01. The Labute approximate surface area is 88.8 Å². The molecule has 0 aromatic carbocycles. The predicted octanol–water partition coefficient (Wildman–Crippen LogP) is 2.64. The van der Waals surface area contributed by atoms with Gasteiger partial charge in [0.15, 0.2) is 8.32 Å². The van der Waals surface area contributed by atoms with Crippen LogP contribution in [0.15, 0.2) is 0 Å². The summed E-state index contributed by atoms with van der Waals surface area (Å²) < 4.78 is 5.91. The van der Waals surface area contributed by atoms with Crippen LogP contribution in [-0.4, -0.2) is 26.6 Å². The normalized spacial score (nSPS) is 29.1. The molecule has 0 aromatic rings. The van der Waals surface area contributed by atoms with E-state index in [1.54, 1.807) is 0 Å². The van der Waals surface area contributed by atoms with E-state index in [1.165, 1.54) is 25.7 Å². The second-order valence-electron chi connectivity index (χ2n) is 5.49. The zero-order valence-corrected chi connectivity index (χ0v) is 10.8. The fraction of sp³-hybridized carbons (Fsp3) is 1.00. The molecule has 0 aromatic heterocycles. The third kappa shape index (κ3) is 4.58. The van der Waals surface area contributed by atoms with E-state index in [0.717, 1.165) is 12.5 Å². The lowest BCUT2D eigenvalue weighted by Crippen LogP contribution is -2.30. The van der Waals surface area contributed by atoms with E-state index in [4.69, 9.17) is 9.53 Å². The predicted molar refractivity (Wildman–Crippen MR) is 61.8 cm³/mol. The van der Waals surface area contributed by atoms with E-state index in [-0.39, 0.29) is 0 Å². The Kier molecular flexibility index (Phi) is 4.61. The van der Waals surface area contributed by atoms with Crippen molar-refractivity contribution < 1.29 is 9.53 Å². The van der Waals surface area contributed by atoms with Gasteiger partial charge in [0, 0.05) is 13.2 Å². The van der Waals surface area contributed by atoms with Crippen molar-refractivity contribution in [3.63, 3.8) is 0 Å². The summed E-state index contributed by atoms with van der Waals surface area (Å²) >= 11 is 0. The van der Waals surface area contributed by atoms with Gasteiger partial charge < -0.3 is 9.53 Å². The Morgan fingerprint density at radius 3 is 2.00 bits per heavy atom. The Bertz CT molecular complexity index is 157. The van der Waals surface area contributed by atoms with Crippen molar-refractivity contribution in [3.8, 4) is 0 Å². The highest BCUT2D eigenvalue weighted by molar-refractivity contribution is 6.69. The van der Waals surface area contributed by atoms with Crippen LogP contribution in [0.25, 0.3) is 0 Å². The number of hydrogen-bond donors (Lipinski definition) is 1. The SMILES string of the molecule is C[Si](C)(C)OCC1CCC(CO)CC1. The minimum atomic E-state index is -1.32. The van der Waals surface area contributed by atoms with Gasteiger partial charge in [0.25, 0.3) is 0 Å². The van der Waals surface area contributed by atoms with Crippen LogP contribution >= 0.6 is 0 Å². The second kappa shape index (κ2) is 5.28. The molecule has 3 heteroatoms. The maximum atomic E-state index is 9.01. The summed E-state index contributed by atoms with van der Waals surface area (Å²) in [6.07, 6.45) is 4.87. The summed E-state index contributed by atoms with van der Waals surface area (Å²) in [6.45, 7) is 8.06. The molecule has 1 N–H and O–H groups in total. The molecule has 0 unspecified atom stereocenters. The van der Waals surface area contributed by atoms with Crippen molar-refractivity contribution in [2.75, 3.05) is 13.2 Å². The molecule has 0 spiro atoms. The summed E-state index contributed by atoms with van der Waals surface area (Å²) in [5.41, 5.74) is 0. The molecule has 0 bridgehead atoms. The maximum absolute atomic E-state index is 9.01. The van der Waals surface area contributed by atoms with Crippen LogP contribution in [0.1, 0.15) is 25.7 Å². The molecular formula is C11H24O2Si. The average molecular weight is 216 g/mol. The van der Waals surface area contributed by atoms with E-state index < -0.39 is 8.32 Å². The highest BCUT2D eigenvalue weighted by Gasteiger charge is 2.23. The summed E-state index contributed by atoms with van der Waals surface area (Å²) in [6, 6.07) is 0. The molecule has 0 amide bonds. The molecule has 0 heterocycles. The molecule has 0 radical (unpaired) electrons. The summed E-state index contributed by atoms with van der Waals surface area (Å²) in [4.78, 5) is 0. The van der Waals surface area contributed by atoms with Crippen molar-refractivity contribution in [2.45, 2.75) is 45.3 Å². The summed E-state index contributed by atoms with van der Waals surface area (Å²) in [7, 11) is -1.32. The molecule has 1 saturated carbocycles. The first kappa shape index (κ1) is 12.2. The maximum Gasteiger partial charge on any atom is 0.183 e. The number of aliphatic hydroxyl groups is 1. The molecule has 14 heavy (non-hydrogen) atoms. The van der Waals surface area contributed by atoms with Gasteiger partial charge in [-0.05, 0) is 57.2 Å². The van der Waals surface area contributed by atoms with Crippen LogP contribution in [0.4, 0.5) is 0 Å². The van der Waals surface area contributed by atoms with Crippen LogP contribution in [-0.2, 0) is 4.43 Å². The Balaban J connectivity index is 2.16. The molecule has 1 fully saturated rings. The standard InChI is InChI=1S/C11H24O2Si/c1-14(2,3)13-9-11-6-4-10(8-12)5-7-11/h10-12H,4-9H2,1-3H3. The van der Waals surface area contributed by atoms with Crippen molar-refractivity contribution in [1.82, 2.24) is 0 Å². The highest BCUT2D eigenvalue weighted by atomic mass is 28.4. The summed E-state index contributed by atoms with van der Waals surface area (Å²) in [5.74, 6) is 1.32. The quantitative estimate of drug-likeness (QED) is 0.732. The molecule has 2 nitrogen and oxygen atoms in total. The van der Waals surface area contributed by atoms with E-state index in [2.05, 4.69) is 19.6 Å². The van der Waals surface area contributed by atoms with E-state index in [0.29, 0.717) is 12.5 Å². The Morgan fingerprint density at radius 2 is 1.57 bits per heavy atom. The van der Waals surface area contributed by atoms with Crippen molar-refractivity contribution in [2.24, 2.45) is 11.8 Å². The first-order chi connectivity index (χ1) is 6.51. The molecule has 84 valence electrons. The van der Waals surface area contributed by atoms with Gasteiger partial charge in [0.1, 0.15) is 0 Å². The minimum absolute atomic E-state index is 0.377. The van der Waals surface area contributed by atoms with Crippen LogP contribution in [0.2, 0.25) is 19.6 Å². The fourth-order valence-corrected chi connectivity index (χ4v) is 2.68. The average Bonchev–Trinajstić information content (AvgIpc) is 2.14. The molecule has 0 atom stereocenters. The Hall–Kier alpha value is 0.137. The minimum Gasteiger partial charge on any atom is -0.417 e. The molecule has 1 aliphatic rings. The largest absolute Gasteiger partial charge is 0.417 e. The van der Waals surface area contributed by atoms with Crippen LogP contribution in [0.5, 0.6) is 0 Å². The van der Waals surface area contributed by atoms with E-state index in [9.17, 15) is 0 Å². The molecular weight excluding hydrogens is 192 g/mol. The van der Waals surface area contributed by atoms with Gasteiger partial charge in [0.2, 0.25) is 0 Å². The van der Waals surface area contributed by atoms with Crippen LogP contribution in [0, 0.1) is 11.8 Å². The molecule has 0 aliphatic heterocycles. The summed E-state index contributed by atoms with van der Waals surface area (Å²) in [5, 5.41) is 9.01. The van der Waals surface area contributed by atoms with Gasteiger partial charge >= 0.3 is 0 Å². The van der Waals surface area contributed by atoms with Crippen LogP contribution in [0.3, 0.4) is 0 Å². The first-order valence-corrected chi connectivity index (χ1v) is 9.17. The zero-order valence-electron chi connectivity index (χ0n) is 9.75. The third-order valence-electron chi connectivity index (χ3n) is 2.98. The van der Waals surface area contributed by atoms with E-state index in [1.807, 2.05) is 0 Å². The Morgan fingerprint density at radius 1 is 1.07 bits per heavy atom. The van der Waals surface area contributed by atoms with Crippen molar-refractivity contribution in [3.05, 3.63) is 0 Å². The van der Waals surface area contributed by atoms with Crippen LogP contribution < -0.4 is 0 Å². The molecule has 1 aliphatic carbocycles. The van der Waals surface area contributed by atoms with Gasteiger partial charge in [-0.25, -0.2) is 0 Å². The number of rotatable bonds is 4. The van der Waals surface area contributed by atoms with Gasteiger partial charge in [-0.1, -0.05) is 0 Å². The second-order valence-corrected chi connectivity index (χ2v) is 10.0. The lowest BCUT2D eigenvalue weighted by molar-refractivity contribution is 0.137. The smallest absolute Gasteiger partial charge is 0.183 e. The topological polar surface area (TPSA) is 29.5 Å². The number of hydrogen-bond acceptors (Lipinski definition) is 2. The lowest BCUT2D eigenvalue weighted by Gasteiger charge is -2.29.